The molecule has 0 saturated carbocycles. The molecule has 1 N–H and O–H groups in total. The Kier molecular flexibility index (Phi) is 9.40. The molecule has 0 fully saturated rings. The monoisotopic (exact) mass is 264 g/mol. The van der Waals surface area contributed by atoms with Crippen molar-refractivity contribution in [1.29, 1.82) is 0 Å². The Morgan fingerprint density at radius 1 is 1.21 bits per heavy atom. The van der Waals surface area contributed by atoms with E-state index >= 15 is 0 Å². The van der Waals surface area contributed by atoms with Gasteiger partial charge in [-0.1, -0.05) is 29.8 Å². The van der Waals surface area contributed by atoms with Crippen LogP contribution < -0.4 is 5.32 Å². The van der Waals surface area contributed by atoms with Crippen molar-refractivity contribution in [3.8, 4) is 0 Å². The summed E-state index contributed by atoms with van der Waals surface area (Å²) in [5.41, 5.74) is 0. The van der Waals surface area contributed by atoms with E-state index < -0.39 is 0 Å². The fraction of sp³-hybridized carbons (Fsp3) is 0.900. The van der Waals surface area contributed by atoms with Crippen molar-refractivity contribution in [2.45, 2.75) is 26.7 Å². The molecular weight excluding hydrogens is 244 g/mol. The summed E-state index contributed by atoms with van der Waals surface area (Å²) in [4.78, 5) is 13.3. The highest BCUT2D eigenvalue weighted by Gasteiger charge is 2.02. The first kappa shape index (κ1) is 13.9. The van der Waals surface area contributed by atoms with Gasteiger partial charge in [-0.05, 0) is 25.9 Å². The molecule has 0 aliphatic rings. The minimum Gasteiger partial charge on any atom is -0.354 e. The first-order valence-electron chi connectivity index (χ1n) is 5.29. The third-order valence-corrected chi connectivity index (χ3v) is 2.46. The van der Waals surface area contributed by atoms with E-state index in [0.717, 1.165) is 26.2 Å². The molecule has 0 saturated heterocycles. The van der Waals surface area contributed by atoms with Crippen molar-refractivity contribution in [2.75, 3.05) is 31.5 Å². The summed E-state index contributed by atoms with van der Waals surface area (Å²) in [5, 5.41) is 3.25. The largest absolute Gasteiger partial charge is 0.354 e. The van der Waals surface area contributed by atoms with Gasteiger partial charge in [0.2, 0.25) is 5.91 Å². The van der Waals surface area contributed by atoms with Gasteiger partial charge in [0.15, 0.2) is 0 Å². The summed E-state index contributed by atoms with van der Waals surface area (Å²) in [6, 6.07) is 0. The van der Waals surface area contributed by atoms with Crippen molar-refractivity contribution in [2.24, 2.45) is 0 Å². The summed E-state index contributed by atoms with van der Waals surface area (Å²) < 4.78 is 0. The predicted octanol–water partition coefficient (Wildman–Crippen LogP) is 1.62. The van der Waals surface area contributed by atoms with Crippen LogP contribution >= 0.6 is 15.9 Å². The molecule has 0 aromatic carbocycles. The Hall–Kier alpha value is -0.0900. The second kappa shape index (κ2) is 9.46. The van der Waals surface area contributed by atoms with Crippen molar-refractivity contribution in [3.05, 3.63) is 0 Å². The first-order chi connectivity index (χ1) is 6.74. The summed E-state index contributed by atoms with van der Waals surface area (Å²) in [7, 11) is 0. The molecule has 0 aromatic rings. The lowest BCUT2D eigenvalue weighted by Gasteiger charge is -2.20. The van der Waals surface area contributed by atoms with Crippen LogP contribution in [0, 0.1) is 0 Å². The van der Waals surface area contributed by atoms with Crippen LogP contribution in [0.3, 0.4) is 0 Å². The summed E-state index contributed by atoms with van der Waals surface area (Å²) in [6.45, 7) is 8.32. The van der Waals surface area contributed by atoms with Crippen LogP contribution in [0.1, 0.15) is 26.7 Å². The van der Waals surface area contributed by atoms with Crippen molar-refractivity contribution < 1.29 is 4.79 Å². The molecule has 84 valence electrons. The van der Waals surface area contributed by atoms with Crippen LogP contribution in [0.2, 0.25) is 0 Å². The Bertz CT molecular complexity index is 147. The standard InChI is InChI=1S/C10H21BrN2O/c1-3-6-13(7-4-2)8-5-12-10(14)9-11/h3-9H2,1-2H3,(H,12,14). The maximum atomic E-state index is 10.9. The maximum Gasteiger partial charge on any atom is 0.230 e. The Balaban J connectivity index is 3.54. The van der Waals surface area contributed by atoms with Gasteiger partial charge >= 0.3 is 0 Å². The highest BCUT2D eigenvalue weighted by atomic mass is 79.9. The number of halogens is 1. The van der Waals surface area contributed by atoms with Gasteiger partial charge in [-0.2, -0.15) is 0 Å². The smallest absolute Gasteiger partial charge is 0.230 e. The van der Waals surface area contributed by atoms with Crippen molar-refractivity contribution in [3.63, 3.8) is 0 Å². The van der Waals surface area contributed by atoms with Crippen LogP contribution in [-0.4, -0.2) is 42.3 Å². The number of hydrogen-bond donors (Lipinski definition) is 1. The van der Waals surface area contributed by atoms with Crippen LogP contribution in [0.4, 0.5) is 0 Å². The number of nitrogens with one attached hydrogen (secondary N) is 1. The second-order valence-electron chi connectivity index (χ2n) is 3.33. The fourth-order valence-electron chi connectivity index (χ4n) is 1.37. The topological polar surface area (TPSA) is 32.3 Å². The zero-order valence-corrected chi connectivity index (χ0v) is 10.8. The number of carbonyl (C=O) groups excluding carboxylic acids is 1. The number of rotatable bonds is 8. The number of nitrogens with zero attached hydrogens (tertiary/aromatic N) is 1. The summed E-state index contributed by atoms with van der Waals surface area (Å²) in [6.07, 6.45) is 2.35. The summed E-state index contributed by atoms with van der Waals surface area (Å²) in [5.74, 6) is 0.0675. The zero-order chi connectivity index (χ0) is 10.8. The molecule has 3 nitrogen and oxygen atoms in total. The van der Waals surface area contributed by atoms with E-state index in [4.69, 9.17) is 0 Å². The molecule has 0 aliphatic carbocycles. The van der Waals surface area contributed by atoms with Crippen molar-refractivity contribution in [1.82, 2.24) is 10.2 Å². The molecule has 0 unspecified atom stereocenters. The molecule has 14 heavy (non-hydrogen) atoms. The van der Waals surface area contributed by atoms with Gasteiger partial charge in [0, 0.05) is 13.1 Å². The van der Waals surface area contributed by atoms with E-state index in [-0.39, 0.29) is 5.91 Å². The average molecular weight is 265 g/mol. The van der Waals surface area contributed by atoms with Crippen LogP contribution in [0.5, 0.6) is 0 Å². The molecule has 0 bridgehead atoms. The summed E-state index contributed by atoms with van der Waals surface area (Å²) >= 11 is 3.12. The molecular formula is C10H21BrN2O. The minimum absolute atomic E-state index is 0.0675. The van der Waals surface area contributed by atoms with Gasteiger partial charge in [-0.25, -0.2) is 0 Å². The van der Waals surface area contributed by atoms with Crippen molar-refractivity contribution >= 4 is 21.8 Å². The van der Waals surface area contributed by atoms with Gasteiger partial charge in [-0.15, -0.1) is 0 Å². The quantitative estimate of drug-likeness (QED) is 0.676. The number of hydrogen-bond acceptors (Lipinski definition) is 2. The zero-order valence-electron chi connectivity index (χ0n) is 9.18. The van der Waals surface area contributed by atoms with Gasteiger partial charge in [-0.3, -0.25) is 4.79 Å². The average Bonchev–Trinajstić information content (AvgIpc) is 2.18. The van der Waals surface area contributed by atoms with E-state index in [1.165, 1.54) is 12.8 Å². The molecule has 0 radical (unpaired) electrons. The molecule has 0 atom stereocenters. The van der Waals surface area contributed by atoms with Crippen LogP contribution in [0.25, 0.3) is 0 Å². The third-order valence-electron chi connectivity index (χ3n) is 1.95. The number of amides is 1. The SMILES string of the molecule is CCCN(CCC)CCNC(=O)CBr. The molecule has 0 aromatic heterocycles. The number of alkyl halides is 1. The molecule has 0 spiro atoms. The van der Waals surface area contributed by atoms with E-state index in [0.29, 0.717) is 5.33 Å². The fourth-order valence-corrected chi connectivity index (χ4v) is 1.57. The van der Waals surface area contributed by atoms with Gasteiger partial charge < -0.3 is 10.2 Å². The molecule has 0 heterocycles. The van der Waals surface area contributed by atoms with Gasteiger partial charge in [0.1, 0.15) is 0 Å². The van der Waals surface area contributed by atoms with Gasteiger partial charge in [0.25, 0.3) is 0 Å². The third kappa shape index (κ3) is 7.33. The molecule has 1 amide bonds. The van der Waals surface area contributed by atoms with E-state index in [1.807, 2.05) is 0 Å². The van der Waals surface area contributed by atoms with Crippen LogP contribution in [0.15, 0.2) is 0 Å². The molecule has 0 rings (SSSR count). The maximum absolute atomic E-state index is 10.9. The highest BCUT2D eigenvalue weighted by molar-refractivity contribution is 9.09. The minimum atomic E-state index is 0.0675. The molecule has 4 heteroatoms. The van der Waals surface area contributed by atoms with E-state index in [1.54, 1.807) is 0 Å². The molecule has 0 aliphatic heterocycles. The normalized spacial score (nSPS) is 10.6. The Morgan fingerprint density at radius 2 is 1.79 bits per heavy atom. The first-order valence-corrected chi connectivity index (χ1v) is 6.41. The lowest BCUT2D eigenvalue weighted by molar-refractivity contribution is -0.118. The predicted molar refractivity (Wildman–Crippen MR) is 63.8 cm³/mol. The lowest BCUT2D eigenvalue weighted by atomic mass is 10.3. The number of carbonyl (C=O) groups is 1. The van der Waals surface area contributed by atoms with Gasteiger partial charge in [0.05, 0.1) is 5.33 Å². The van der Waals surface area contributed by atoms with E-state index in [9.17, 15) is 4.79 Å². The lowest BCUT2D eigenvalue weighted by Crippen LogP contribution is -2.36. The van der Waals surface area contributed by atoms with E-state index in [2.05, 4.69) is 40.0 Å². The highest BCUT2D eigenvalue weighted by Crippen LogP contribution is 1.92. The Morgan fingerprint density at radius 3 is 2.21 bits per heavy atom. The van der Waals surface area contributed by atoms with Crippen LogP contribution in [-0.2, 0) is 4.79 Å². The second-order valence-corrected chi connectivity index (χ2v) is 3.89. The Labute approximate surface area is 95.4 Å².